The molecule has 0 aromatic heterocycles. The first-order valence-corrected chi connectivity index (χ1v) is 9.42. The number of sulfonamides is 1. The molecule has 2 aliphatic carbocycles. The van der Waals surface area contributed by atoms with Crippen LogP contribution in [0.1, 0.15) is 59.7 Å². The number of rotatable bonds is 6. The van der Waals surface area contributed by atoms with Gasteiger partial charge in [0.25, 0.3) is 5.91 Å². The summed E-state index contributed by atoms with van der Waals surface area (Å²) in [6, 6.07) is 1.99. The van der Waals surface area contributed by atoms with Crippen LogP contribution in [0.25, 0.3) is 0 Å². The van der Waals surface area contributed by atoms with Crippen LogP contribution in [0.3, 0.4) is 0 Å². The monoisotopic (exact) mass is 371 g/mol. The Hall–Kier alpha value is -2.16. The van der Waals surface area contributed by atoms with Crippen LogP contribution < -0.4 is 9.46 Å². The summed E-state index contributed by atoms with van der Waals surface area (Å²) < 4.78 is 45.3. The fourth-order valence-electron chi connectivity index (χ4n) is 2.42. The molecule has 1 aromatic rings. The quantitative estimate of drug-likeness (QED) is 0.792. The van der Waals surface area contributed by atoms with Crippen molar-refractivity contribution in [2.45, 2.75) is 49.9 Å². The molecule has 2 fully saturated rings. The number of carbonyl (C=O) groups is 2. The van der Waals surface area contributed by atoms with Gasteiger partial charge in [0.2, 0.25) is 10.0 Å². The summed E-state index contributed by atoms with van der Waals surface area (Å²) >= 11 is 0. The Morgan fingerprint density at radius 1 is 1.28 bits per heavy atom. The molecule has 3 rings (SSSR count). The molecule has 2 N–H and O–H groups in total. The standard InChI is InChI=1S/C16H18FNO6S/c1-16(7-8-16)25(22,23)18-14(19)11-6-5-10(15(20)21)12(17)13(11)24-9-3-2-4-9/h5-6,9H,2-4,7-8H2,1H3,(H,18,19)(H,20,21). The predicted molar refractivity (Wildman–Crippen MR) is 85.7 cm³/mol. The number of carboxylic acids is 1. The van der Waals surface area contributed by atoms with E-state index in [0.29, 0.717) is 25.7 Å². The Balaban J connectivity index is 1.95. The molecule has 7 nitrogen and oxygen atoms in total. The SMILES string of the molecule is CC1(S(=O)(=O)NC(=O)c2ccc(C(=O)O)c(F)c2OC2CCC2)CC1. The maximum Gasteiger partial charge on any atom is 0.338 e. The second-order valence-corrected chi connectivity index (χ2v) is 8.86. The molecule has 2 saturated carbocycles. The van der Waals surface area contributed by atoms with Gasteiger partial charge in [-0.15, -0.1) is 0 Å². The molecule has 0 spiro atoms. The Labute approximate surface area is 144 Å². The van der Waals surface area contributed by atoms with Gasteiger partial charge in [0.05, 0.1) is 22.0 Å². The largest absolute Gasteiger partial charge is 0.486 e. The number of halogens is 1. The maximum absolute atomic E-state index is 14.5. The molecule has 0 saturated heterocycles. The number of hydrogen-bond donors (Lipinski definition) is 2. The van der Waals surface area contributed by atoms with Gasteiger partial charge in [-0.1, -0.05) is 0 Å². The number of ether oxygens (including phenoxy) is 1. The van der Waals surface area contributed by atoms with Gasteiger partial charge in [-0.05, 0) is 51.2 Å². The van der Waals surface area contributed by atoms with E-state index in [9.17, 15) is 22.4 Å². The third kappa shape index (κ3) is 3.20. The minimum Gasteiger partial charge on any atom is -0.486 e. The summed E-state index contributed by atoms with van der Waals surface area (Å²) in [5.74, 6) is -4.22. The van der Waals surface area contributed by atoms with Crippen molar-refractivity contribution in [2.24, 2.45) is 0 Å². The van der Waals surface area contributed by atoms with Crippen LogP contribution in [0.2, 0.25) is 0 Å². The molecular weight excluding hydrogens is 353 g/mol. The van der Waals surface area contributed by atoms with Crippen LogP contribution in [0.5, 0.6) is 5.75 Å². The van der Waals surface area contributed by atoms with Crippen molar-refractivity contribution >= 4 is 21.9 Å². The van der Waals surface area contributed by atoms with Gasteiger partial charge in [0.15, 0.2) is 11.6 Å². The second kappa shape index (κ2) is 5.98. The Morgan fingerprint density at radius 2 is 1.88 bits per heavy atom. The van der Waals surface area contributed by atoms with E-state index >= 15 is 0 Å². The van der Waals surface area contributed by atoms with Gasteiger partial charge >= 0.3 is 5.97 Å². The molecule has 0 radical (unpaired) electrons. The molecule has 136 valence electrons. The lowest BCUT2D eigenvalue weighted by molar-refractivity contribution is 0.0685. The lowest BCUT2D eigenvalue weighted by atomic mass is 9.96. The number of nitrogens with one attached hydrogen (secondary N) is 1. The number of hydrogen-bond acceptors (Lipinski definition) is 5. The maximum atomic E-state index is 14.5. The van der Waals surface area contributed by atoms with Crippen molar-refractivity contribution in [3.05, 3.63) is 29.1 Å². The molecule has 25 heavy (non-hydrogen) atoms. The van der Waals surface area contributed by atoms with E-state index in [-0.39, 0.29) is 11.7 Å². The van der Waals surface area contributed by atoms with Gasteiger partial charge in [0.1, 0.15) is 0 Å². The summed E-state index contributed by atoms with van der Waals surface area (Å²) in [4.78, 5) is 23.5. The molecule has 1 aromatic carbocycles. The summed E-state index contributed by atoms with van der Waals surface area (Å²) in [6.07, 6.45) is 2.77. The average Bonchev–Trinajstić information content (AvgIpc) is 3.22. The van der Waals surface area contributed by atoms with E-state index in [4.69, 9.17) is 9.84 Å². The highest BCUT2D eigenvalue weighted by atomic mass is 32.2. The third-order valence-corrected chi connectivity index (χ3v) is 6.90. The fourth-order valence-corrected chi connectivity index (χ4v) is 3.66. The summed E-state index contributed by atoms with van der Waals surface area (Å²) in [7, 11) is -3.90. The minimum atomic E-state index is -3.90. The van der Waals surface area contributed by atoms with Gasteiger partial charge < -0.3 is 9.84 Å². The Kier molecular flexibility index (Phi) is 4.22. The van der Waals surface area contributed by atoms with E-state index in [1.807, 2.05) is 4.72 Å². The molecule has 0 aliphatic heterocycles. The number of aromatic carboxylic acids is 1. The van der Waals surface area contributed by atoms with Gasteiger partial charge in [-0.25, -0.2) is 22.3 Å². The van der Waals surface area contributed by atoms with Crippen molar-refractivity contribution in [2.75, 3.05) is 0 Å². The minimum absolute atomic E-state index is 0.317. The second-order valence-electron chi connectivity index (χ2n) is 6.66. The van der Waals surface area contributed by atoms with Gasteiger partial charge in [-0.3, -0.25) is 4.79 Å². The van der Waals surface area contributed by atoms with Gasteiger partial charge in [0, 0.05) is 0 Å². The van der Waals surface area contributed by atoms with Gasteiger partial charge in [-0.2, -0.15) is 0 Å². The van der Waals surface area contributed by atoms with Crippen LogP contribution in [0.4, 0.5) is 4.39 Å². The van der Waals surface area contributed by atoms with Crippen molar-refractivity contribution in [3.63, 3.8) is 0 Å². The van der Waals surface area contributed by atoms with Crippen molar-refractivity contribution in [1.82, 2.24) is 4.72 Å². The normalized spacial score (nSPS) is 19.0. The molecule has 0 unspecified atom stereocenters. The highest BCUT2D eigenvalue weighted by Crippen LogP contribution is 2.42. The predicted octanol–water partition coefficient (Wildman–Crippen LogP) is 2.07. The van der Waals surface area contributed by atoms with Crippen LogP contribution in [0.15, 0.2) is 12.1 Å². The molecular formula is C16H18FNO6S. The lowest BCUT2D eigenvalue weighted by Gasteiger charge is -2.27. The molecule has 0 bridgehead atoms. The molecule has 1 amide bonds. The molecule has 0 heterocycles. The van der Waals surface area contributed by atoms with Crippen LogP contribution >= 0.6 is 0 Å². The van der Waals surface area contributed by atoms with Crippen LogP contribution in [-0.2, 0) is 10.0 Å². The van der Waals surface area contributed by atoms with E-state index in [1.165, 1.54) is 6.92 Å². The van der Waals surface area contributed by atoms with E-state index in [2.05, 4.69) is 0 Å². The van der Waals surface area contributed by atoms with Crippen molar-refractivity contribution in [1.29, 1.82) is 0 Å². The summed E-state index contributed by atoms with van der Waals surface area (Å²) in [5.41, 5.74) is -0.967. The zero-order chi connectivity index (χ0) is 18.4. The van der Waals surface area contributed by atoms with Crippen LogP contribution in [0, 0.1) is 5.82 Å². The molecule has 2 aliphatic rings. The lowest BCUT2D eigenvalue weighted by Crippen LogP contribution is -2.38. The molecule has 0 atom stereocenters. The van der Waals surface area contributed by atoms with E-state index < -0.39 is 43.8 Å². The number of benzene rings is 1. The van der Waals surface area contributed by atoms with Crippen molar-refractivity contribution in [3.8, 4) is 5.75 Å². The van der Waals surface area contributed by atoms with E-state index in [1.54, 1.807) is 0 Å². The average molecular weight is 371 g/mol. The first-order chi connectivity index (χ1) is 11.6. The highest BCUT2D eigenvalue weighted by molar-refractivity contribution is 7.91. The number of carbonyl (C=O) groups excluding carboxylic acids is 1. The van der Waals surface area contributed by atoms with E-state index in [0.717, 1.165) is 18.6 Å². The van der Waals surface area contributed by atoms with Crippen molar-refractivity contribution < 1.29 is 32.2 Å². The molecule has 9 heteroatoms. The number of carboxylic acid groups (broad SMARTS) is 1. The zero-order valence-electron chi connectivity index (χ0n) is 13.5. The fraction of sp³-hybridized carbons (Fsp3) is 0.500. The topological polar surface area (TPSA) is 110 Å². The number of amides is 1. The Bertz CT molecular complexity index is 842. The third-order valence-electron chi connectivity index (χ3n) is 4.74. The highest BCUT2D eigenvalue weighted by Gasteiger charge is 2.51. The zero-order valence-corrected chi connectivity index (χ0v) is 14.4. The first kappa shape index (κ1) is 17.7. The van der Waals surface area contributed by atoms with Crippen LogP contribution in [-0.4, -0.2) is 36.3 Å². The Morgan fingerprint density at radius 3 is 2.36 bits per heavy atom. The summed E-state index contributed by atoms with van der Waals surface area (Å²) in [5, 5.41) is 9.03. The first-order valence-electron chi connectivity index (χ1n) is 7.94. The summed E-state index contributed by atoms with van der Waals surface area (Å²) in [6.45, 7) is 1.52. The smallest absolute Gasteiger partial charge is 0.338 e.